The predicted octanol–water partition coefficient (Wildman–Crippen LogP) is 6.87. The molecular formula is C37H34N4O3S. The normalized spacial score (nSPS) is 14.2. The molecule has 0 bridgehead atoms. The predicted molar refractivity (Wildman–Crippen MR) is 182 cm³/mol. The van der Waals surface area contributed by atoms with E-state index >= 15 is 0 Å². The minimum Gasteiger partial charge on any atom is -0.377 e. The Hall–Kier alpha value is -4.92. The van der Waals surface area contributed by atoms with Gasteiger partial charge >= 0.3 is 0 Å². The number of fused-ring (bicyclic) bond motifs is 2. The Kier molecular flexibility index (Phi) is 7.39. The summed E-state index contributed by atoms with van der Waals surface area (Å²) in [5.41, 5.74) is 6.58. The standard InChI is InChI=1S/C37H34N4O3S/c1-39(2)32-17-9-15-27-16-10-18-33(35(27)32)45(43,44)41-23-21-40(22-24-41)37(42)29-19-20-31-30(25-29)34(26-11-5-3-6-12-26)36(38-31)28-13-7-4-8-14-28/h3-20,25,38H,21-24H2,1-2H3. The smallest absolute Gasteiger partial charge is 0.253 e. The van der Waals surface area contributed by atoms with Crippen LogP contribution in [0.1, 0.15) is 10.4 Å². The van der Waals surface area contributed by atoms with Crippen molar-refractivity contribution in [3.8, 4) is 22.4 Å². The average Bonchev–Trinajstić information content (AvgIpc) is 3.47. The molecule has 1 aliphatic rings. The van der Waals surface area contributed by atoms with E-state index in [0.29, 0.717) is 28.9 Å². The number of anilines is 1. The maximum absolute atomic E-state index is 14.0. The van der Waals surface area contributed by atoms with Crippen molar-refractivity contribution in [2.24, 2.45) is 0 Å². The molecule has 6 aromatic rings. The third-order valence-electron chi connectivity index (χ3n) is 8.64. The largest absolute Gasteiger partial charge is 0.377 e. The lowest BCUT2D eigenvalue weighted by atomic mass is 9.97. The van der Waals surface area contributed by atoms with Crippen LogP contribution in [-0.4, -0.2) is 68.8 Å². The Balaban J connectivity index is 1.17. The maximum Gasteiger partial charge on any atom is 0.253 e. The van der Waals surface area contributed by atoms with Crippen LogP contribution in [0, 0.1) is 0 Å². The Bertz CT molecular complexity index is 2130. The first-order valence-electron chi connectivity index (χ1n) is 15.1. The Morgan fingerprint density at radius 2 is 1.38 bits per heavy atom. The zero-order valence-electron chi connectivity index (χ0n) is 25.3. The summed E-state index contributed by atoms with van der Waals surface area (Å²) in [6.07, 6.45) is 0. The van der Waals surface area contributed by atoms with Gasteiger partial charge in [0.2, 0.25) is 10.0 Å². The van der Waals surface area contributed by atoms with E-state index in [0.717, 1.165) is 44.4 Å². The lowest BCUT2D eigenvalue weighted by molar-refractivity contribution is 0.0698. The second-order valence-corrected chi connectivity index (χ2v) is 13.5. The van der Waals surface area contributed by atoms with E-state index < -0.39 is 10.0 Å². The van der Waals surface area contributed by atoms with Crippen LogP contribution in [-0.2, 0) is 10.0 Å². The first kappa shape index (κ1) is 28.8. The van der Waals surface area contributed by atoms with Crippen LogP contribution in [0.4, 0.5) is 5.69 Å². The molecule has 7 rings (SSSR count). The number of carbonyl (C=O) groups excluding carboxylic acids is 1. The second-order valence-electron chi connectivity index (χ2n) is 11.6. The van der Waals surface area contributed by atoms with E-state index in [2.05, 4.69) is 29.2 Å². The van der Waals surface area contributed by atoms with Gasteiger partial charge in [0.25, 0.3) is 5.91 Å². The van der Waals surface area contributed by atoms with Gasteiger partial charge in [-0.15, -0.1) is 0 Å². The van der Waals surface area contributed by atoms with Crippen molar-refractivity contribution in [1.82, 2.24) is 14.2 Å². The third-order valence-corrected chi connectivity index (χ3v) is 10.6. The van der Waals surface area contributed by atoms with Gasteiger partial charge in [-0.25, -0.2) is 8.42 Å². The monoisotopic (exact) mass is 614 g/mol. The second kappa shape index (κ2) is 11.5. The number of piperazine rings is 1. The van der Waals surface area contributed by atoms with Gasteiger partial charge in [0.1, 0.15) is 0 Å². The highest BCUT2D eigenvalue weighted by Crippen LogP contribution is 2.39. The quantitative estimate of drug-likeness (QED) is 0.222. The van der Waals surface area contributed by atoms with E-state index in [1.54, 1.807) is 17.0 Å². The Morgan fingerprint density at radius 3 is 2.04 bits per heavy atom. The van der Waals surface area contributed by atoms with Crippen LogP contribution in [0.5, 0.6) is 0 Å². The zero-order valence-corrected chi connectivity index (χ0v) is 26.1. The van der Waals surface area contributed by atoms with Gasteiger partial charge in [-0.3, -0.25) is 4.79 Å². The van der Waals surface area contributed by atoms with Crippen molar-refractivity contribution < 1.29 is 13.2 Å². The molecule has 226 valence electrons. The van der Waals surface area contributed by atoms with Crippen molar-refractivity contribution >= 4 is 43.3 Å². The highest BCUT2D eigenvalue weighted by atomic mass is 32.2. The highest BCUT2D eigenvalue weighted by Gasteiger charge is 2.32. The molecule has 1 fully saturated rings. The molecule has 1 amide bonds. The highest BCUT2D eigenvalue weighted by molar-refractivity contribution is 7.89. The average molecular weight is 615 g/mol. The van der Waals surface area contributed by atoms with Crippen molar-refractivity contribution in [2.75, 3.05) is 45.2 Å². The van der Waals surface area contributed by atoms with Crippen molar-refractivity contribution in [1.29, 1.82) is 0 Å². The molecular weight excluding hydrogens is 580 g/mol. The van der Waals surface area contributed by atoms with Gasteiger partial charge in [0.15, 0.2) is 0 Å². The minimum atomic E-state index is -3.78. The number of benzene rings is 5. The first-order valence-corrected chi connectivity index (χ1v) is 16.5. The fourth-order valence-corrected chi connectivity index (χ4v) is 8.03. The topological polar surface area (TPSA) is 76.7 Å². The fourth-order valence-electron chi connectivity index (χ4n) is 6.38. The number of H-pyrrole nitrogens is 1. The van der Waals surface area contributed by atoms with Crippen LogP contribution in [0.15, 0.2) is 120 Å². The van der Waals surface area contributed by atoms with E-state index in [-0.39, 0.29) is 19.0 Å². The number of rotatable bonds is 6. The summed E-state index contributed by atoms with van der Waals surface area (Å²) in [7, 11) is 0.0481. The fraction of sp³-hybridized carbons (Fsp3) is 0.162. The van der Waals surface area contributed by atoms with Gasteiger partial charge in [-0.05, 0) is 46.8 Å². The number of amides is 1. The van der Waals surface area contributed by atoms with E-state index in [1.165, 1.54) is 4.31 Å². The summed E-state index contributed by atoms with van der Waals surface area (Å²) in [6.45, 7) is 1.09. The molecule has 1 saturated heterocycles. The number of nitrogens with one attached hydrogen (secondary N) is 1. The Morgan fingerprint density at radius 1 is 0.733 bits per heavy atom. The van der Waals surface area contributed by atoms with Crippen molar-refractivity contribution in [3.05, 3.63) is 121 Å². The number of hydrogen-bond acceptors (Lipinski definition) is 4. The number of carbonyl (C=O) groups is 1. The van der Waals surface area contributed by atoms with Crippen LogP contribution >= 0.6 is 0 Å². The number of aromatic nitrogens is 1. The molecule has 0 radical (unpaired) electrons. The molecule has 45 heavy (non-hydrogen) atoms. The zero-order chi connectivity index (χ0) is 31.1. The van der Waals surface area contributed by atoms with Crippen LogP contribution in [0.2, 0.25) is 0 Å². The first-order chi connectivity index (χ1) is 21.8. The van der Waals surface area contributed by atoms with Crippen LogP contribution < -0.4 is 4.90 Å². The molecule has 5 aromatic carbocycles. The number of aromatic amines is 1. The molecule has 0 spiro atoms. The SMILES string of the molecule is CN(C)c1cccc2cccc(S(=O)(=O)N3CCN(C(=O)c4ccc5[nH]c(-c6ccccc6)c(-c6ccccc6)c5c4)CC3)c12. The summed E-state index contributed by atoms with van der Waals surface area (Å²) in [6, 6.07) is 37.4. The number of hydrogen-bond donors (Lipinski definition) is 1. The summed E-state index contributed by atoms with van der Waals surface area (Å²) in [5, 5.41) is 2.56. The molecule has 1 N–H and O–H groups in total. The molecule has 8 heteroatoms. The molecule has 1 aliphatic heterocycles. The van der Waals surface area contributed by atoms with Gasteiger partial charge in [-0.2, -0.15) is 4.31 Å². The molecule has 7 nitrogen and oxygen atoms in total. The molecule has 0 aliphatic carbocycles. The van der Waals surface area contributed by atoms with E-state index in [1.807, 2.05) is 97.9 Å². The molecule has 0 saturated carbocycles. The third kappa shape index (κ3) is 5.16. The van der Waals surface area contributed by atoms with Crippen LogP contribution in [0.25, 0.3) is 44.1 Å². The molecule has 0 unspecified atom stereocenters. The van der Waals surface area contributed by atoms with Gasteiger partial charge in [0, 0.05) is 73.4 Å². The number of nitrogens with zero attached hydrogens (tertiary/aromatic N) is 3. The lowest BCUT2D eigenvalue weighted by Gasteiger charge is -2.34. The summed E-state index contributed by atoms with van der Waals surface area (Å²) >= 11 is 0. The summed E-state index contributed by atoms with van der Waals surface area (Å²) in [5.74, 6) is -0.101. The molecule has 0 atom stereocenters. The minimum absolute atomic E-state index is 0.101. The van der Waals surface area contributed by atoms with Crippen molar-refractivity contribution in [2.45, 2.75) is 4.90 Å². The van der Waals surface area contributed by atoms with Crippen molar-refractivity contribution in [3.63, 3.8) is 0 Å². The summed E-state index contributed by atoms with van der Waals surface area (Å²) < 4.78 is 29.4. The van der Waals surface area contributed by atoms with E-state index in [9.17, 15) is 13.2 Å². The van der Waals surface area contributed by atoms with Gasteiger partial charge < -0.3 is 14.8 Å². The Labute approximate surface area is 263 Å². The maximum atomic E-state index is 14.0. The van der Waals surface area contributed by atoms with Gasteiger partial charge in [0.05, 0.1) is 10.6 Å². The lowest BCUT2D eigenvalue weighted by Crippen LogP contribution is -2.50. The van der Waals surface area contributed by atoms with Crippen LogP contribution in [0.3, 0.4) is 0 Å². The number of sulfonamides is 1. The molecule has 1 aromatic heterocycles. The summed E-state index contributed by atoms with van der Waals surface area (Å²) in [4.78, 5) is 21.4. The van der Waals surface area contributed by atoms with E-state index in [4.69, 9.17) is 0 Å². The van der Waals surface area contributed by atoms with Gasteiger partial charge in [-0.1, -0.05) is 84.9 Å². The molecule has 2 heterocycles.